The summed E-state index contributed by atoms with van der Waals surface area (Å²) in [5, 5.41) is 3.13. The maximum absolute atomic E-state index is 10.5. The Labute approximate surface area is 77.6 Å². The lowest BCUT2D eigenvalue weighted by Gasteiger charge is -2.26. The Morgan fingerprint density at radius 1 is 1.77 bits per heavy atom. The zero-order chi connectivity index (χ0) is 9.90. The number of primary amides is 1. The lowest BCUT2D eigenvalue weighted by Crippen LogP contribution is -2.38. The van der Waals surface area contributed by atoms with Crippen molar-refractivity contribution < 1.29 is 14.3 Å². The van der Waals surface area contributed by atoms with Gasteiger partial charge in [-0.2, -0.15) is 0 Å². The third-order valence-electron chi connectivity index (χ3n) is 1.91. The largest absolute Gasteiger partial charge is 0.444 e. The maximum Gasteiger partial charge on any atom is 0.405 e. The molecule has 1 aliphatic rings. The lowest BCUT2D eigenvalue weighted by atomic mass is 10.00. The number of hydrogen-bond acceptors (Lipinski definition) is 4. The third kappa shape index (κ3) is 3.61. The Kier molecular flexibility index (Phi) is 3.11. The number of carbonyl (C=O) groups is 1. The van der Waals surface area contributed by atoms with Crippen molar-refractivity contribution in [2.75, 3.05) is 13.3 Å². The second kappa shape index (κ2) is 3.93. The first-order valence-electron chi connectivity index (χ1n) is 4.29. The van der Waals surface area contributed by atoms with Crippen LogP contribution in [0, 0.1) is 0 Å². The van der Waals surface area contributed by atoms with E-state index in [2.05, 4.69) is 5.32 Å². The summed E-state index contributed by atoms with van der Waals surface area (Å²) >= 11 is 0. The molecule has 0 radical (unpaired) electrons. The summed E-state index contributed by atoms with van der Waals surface area (Å²) in [5.74, 6) is 0. The molecule has 5 nitrogen and oxygen atoms in total. The van der Waals surface area contributed by atoms with E-state index < -0.39 is 11.7 Å². The van der Waals surface area contributed by atoms with Crippen LogP contribution < -0.4 is 11.1 Å². The molecular weight excluding hydrogens is 172 g/mol. The Balaban J connectivity index is 2.35. The van der Waals surface area contributed by atoms with Gasteiger partial charge in [0.2, 0.25) is 0 Å². The summed E-state index contributed by atoms with van der Waals surface area (Å²) in [7, 11) is 0. The summed E-state index contributed by atoms with van der Waals surface area (Å²) in [6.45, 7) is 4.89. The van der Waals surface area contributed by atoms with E-state index in [1.54, 1.807) is 0 Å². The van der Waals surface area contributed by atoms with Crippen molar-refractivity contribution in [3.63, 3.8) is 0 Å². The van der Waals surface area contributed by atoms with Gasteiger partial charge >= 0.3 is 6.09 Å². The molecule has 1 rings (SSSR count). The zero-order valence-corrected chi connectivity index (χ0v) is 8.00. The Morgan fingerprint density at radius 2 is 2.46 bits per heavy atom. The van der Waals surface area contributed by atoms with Gasteiger partial charge in [0, 0.05) is 12.5 Å². The van der Waals surface area contributed by atoms with Gasteiger partial charge < -0.3 is 15.2 Å². The number of hydrogen-bond donors (Lipinski definition) is 2. The highest BCUT2D eigenvalue weighted by Crippen LogP contribution is 2.18. The molecule has 1 amide bonds. The molecule has 3 N–H and O–H groups in total. The van der Waals surface area contributed by atoms with Crippen molar-refractivity contribution in [1.29, 1.82) is 0 Å². The summed E-state index contributed by atoms with van der Waals surface area (Å²) < 4.78 is 10.1. The lowest BCUT2D eigenvalue weighted by molar-refractivity contribution is 0.0317. The number of rotatable bonds is 3. The predicted octanol–water partition coefficient (Wildman–Crippen LogP) is 0.196. The zero-order valence-electron chi connectivity index (χ0n) is 8.00. The van der Waals surface area contributed by atoms with Crippen molar-refractivity contribution in [3.8, 4) is 0 Å². The standard InChI is InChI=1S/C8H16N2O3/c1-8(2,13-7(9)11)3-6-4-12-5-10-6/h6,10H,3-5H2,1-2H3,(H2,9,11). The maximum atomic E-state index is 10.5. The summed E-state index contributed by atoms with van der Waals surface area (Å²) in [6.07, 6.45) is -0.0282. The average Bonchev–Trinajstić information content (AvgIpc) is 2.34. The molecule has 5 heteroatoms. The molecule has 0 aromatic rings. The Bertz CT molecular complexity index is 188. The number of ether oxygens (including phenoxy) is 2. The van der Waals surface area contributed by atoms with Crippen molar-refractivity contribution in [2.24, 2.45) is 5.73 Å². The predicted molar refractivity (Wildman–Crippen MR) is 47.1 cm³/mol. The fraction of sp³-hybridized carbons (Fsp3) is 0.875. The van der Waals surface area contributed by atoms with Gasteiger partial charge in [-0.05, 0) is 13.8 Å². The van der Waals surface area contributed by atoms with E-state index in [-0.39, 0.29) is 6.04 Å². The normalized spacial score (nSPS) is 23.1. The van der Waals surface area contributed by atoms with Crippen LogP contribution in [0.4, 0.5) is 4.79 Å². The fourth-order valence-corrected chi connectivity index (χ4v) is 1.48. The second-order valence-corrected chi connectivity index (χ2v) is 3.80. The summed E-state index contributed by atoms with van der Waals surface area (Å²) in [6, 6.07) is 0.245. The first-order chi connectivity index (χ1) is 5.99. The molecular formula is C8H16N2O3. The quantitative estimate of drug-likeness (QED) is 0.663. The van der Waals surface area contributed by atoms with Crippen LogP contribution in [0.15, 0.2) is 0 Å². The molecule has 1 fully saturated rings. The minimum absolute atomic E-state index is 0.245. The van der Waals surface area contributed by atoms with Gasteiger partial charge in [0.25, 0.3) is 0 Å². The van der Waals surface area contributed by atoms with Crippen LogP contribution in [0.5, 0.6) is 0 Å². The molecule has 1 heterocycles. The van der Waals surface area contributed by atoms with Crippen LogP contribution in [-0.2, 0) is 9.47 Å². The van der Waals surface area contributed by atoms with E-state index in [9.17, 15) is 4.79 Å². The van der Waals surface area contributed by atoms with Crippen LogP contribution in [-0.4, -0.2) is 31.1 Å². The first-order valence-corrected chi connectivity index (χ1v) is 4.29. The molecule has 0 aromatic heterocycles. The Morgan fingerprint density at radius 3 is 2.92 bits per heavy atom. The van der Waals surface area contributed by atoms with E-state index in [4.69, 9.17) is 15.2 Å². The molecule has 0 saturated carbocycles. The molecule has 0 spiro atoms. The second-order valence-electron chi connectivity index (χ2n) is 3.80. The van der Waals surface area contributed by atoms with Crippen molar-refractivity contribution >= 4 is 6.09 Å². The SMILES string of the molecule is CC(C)(CC1COCN1)OC(N)=O. The van der Waals surface area contributed by atoms with Gasteiger partial charge in [-0.3, -0.25) is 5.32 Å². The smallest absolute Gasteiger partial charge is 0.405 e. The van der Waals surface area contributed by atoms with Crippen LogP contribution in [0.1, 0.15) is 20.3 Å². The monoisotopic (exact) mass is 188 g/mol. The topological polar surface area (TPSA) is 73.6 Å². The van der Waals surface area contributed by atoms with Gasteiger partial charge in [0.1, 0.15) is 5.60 Å². The van der Waals surface area contributed by atoms with E-state index in [0.29, 0.717) is 19.8 Å². The number of nitrogens with one attached hydrogen (secondary N) is 1. The molecule has 76 valence electrons. The van der Waals surface area contributed by atoms with Crippen LogP contribution in [0.3, 0.4) is 0 Å². The van der Waals surface area contributed by atoms with E-state index >= 15 is 0 Å². The average molecular weight is 188 g/mol. The highest BCUT2D eigenvalue weighted by molar-refractivity contribution is 5.65. The molecule has 0 aromatic carbocycles. The van der Waals surface area contributed by atoms with Gasteiger partial charge in [0.05, 0.1) is 13.3 Å². The molecule has 1 saturated heterocycles. The molecule has 13 heavy (non-hydrogen) atoms. The number of amides is 1. The van der Waals surface area contributed by atoms with E-state index in [1.807, 2.05) is 13.8 Å². The molecule has 0 aliphatic carbocycles. The highest BCUT2D eigenvalue weighted by Gasteiger charge is 2.28. The van der Waals surface area contributed by atoms with Gasteiger partial charge in [-0.1, -0.05) is 0 Å². The van der Waals surface area contributed by atoms with E-state index in [1.165, 1.54) is 0 Å². The van der Waals surface area contributed by atoms with Gasteiger partial charge in [-0.25, -0.2) is 4.79 Å². The minimum atomic E-state index is -0.732. The van der Waals surface area contributed by atoms with Crippen LogP contribution in [0.25, 0.3) is 0 Å². The Hall–Kier alpha value is -0.810. The molecule has 1 atom stereocenters. The first kappa shape index (κ1) is 10.3. The van der Waals surface area contributed by atoms with Crippen molar-refractivity contribution in [2.45, 2.75) is 31.9 Å². The number of nitrogens with two attached hydrogens (primary N) is 1. The van der Waals surface area contributed by atoms with Crippen LogP contribution in [0.2, 0.25) is 0 Å². The van der Waals surface area contributed by atoms with Crippen molar-refractivity contribution in [3.05, 3.63) is 0 Å². The third-order valence-corrected chi connectivity index (χ3v) is 1.91. The minimum Gasteiger partial charge on any atom is -0.444 e. The van der Waals surface area contributed by atoms with Gasteiger partial charge in [-0.15, -0.1) is 0 Å². The highest BCUT2D eigenvalue weighted by atomic mass is 16.6. The fourth-order valence-electron chi connectivity index (χ4n) is 1.48. The molecule has 1 aliphatic heterocycles. The van der Waals surface area contributed by atoms with Crippen LogP contribution >= 0.6 is 0 Å². The van der Waals surface area contributed by atoms with Gasteiger partial charge in [0.15, 0.2) is 0 Å². The van der Waals surface area contributed by atoms with Crippen molar-refractivity contribution in [1.82, 2.24) is 5.32 Å². The molecule has 1 unspecified atom stereocenters. The summed E-state index contributed by atoms with van der Waals surface area (Å²) in [5.41, 5.74) is 4.41. The molecule has 0 bridgehead atoms. The van der Waals surface area contributed by atoms with E-state index in [0.717, 1.165) is 0 Å². The summed E-state index contributed by atoms with van der Waals surface area (Å²) in [4.78, 5) is 10.5. The number of carbonyl (C=O) groups excluding carboxylic acids is 1.